The van der Waals surface area contributed by atoms with Crippen LogP contribution in [-0.4, -0.2) is 0 Å². The van der Waals surface area contributed by atoms with Crippen molar-refractivity contribution in [2.24, 2.45) is 11.1 Å². The second kappa shape index (κ2) is 5.45. The lowest BCUT2D eigenvalue weighted by atomic mass is 9.83. The molecule has 1 atom stereocenters. The van der Waals surface area contributed by atoms with Crippen molar-refractivity contribution in [1.82, 2.24) is 0 Å². The monoisotopic (exact) mass is 285 g/mol. The van der Waals surface area contributed by atoms with Crippen molar-refractivity contribution >= 4 is 12.4 Å². The first-order valence-electron chi connectivity index (χ1n) is 5.15. The van der Waals surface area contributed by atoms with E-state index < -0.39 is 23.6 Å². The quantitative estimate of drug-likeness (QED) is 0.765. The van der Waals surface area contributed by atoms with E-state index in [9.17, 15) is 17.6 Å². The Kier molecular flexibility index (Phi) is 5.20. The van der Waals surface area contributed by atoms with Crippen molar-refractivity contribution in [2.75, 3.05) is 0 Å². The van der Waals surface area contributed by atoms with Crippen molar-refractivity contribution < 1.29 is 17.6 Å². The molecule has 0 amide bonds. The zero-order valence-electron chi connectivity index (χ0n) is 10.3. The highest BCUT2D eigenvalue weighted by atomic mass is 35.5. The van der Waals surface area contributed by atoms with E-state index in [0.717, 1.165) is 12.1 Å². The zero-order chi connectivity index (χ0) is 13.4. The molecule has 1 aromatic rings. The summed E-state index contributed by atoms with van der Waals surface area (Å²) in [5.41, 5.74) is 4.61. The van der Waals surface area contributed by atoms with Gasteiger partial charge in [0.1, 0.15) is 5.82 Å². The average molecular weight is 286 g/mol. The molecule has 0 spiro atoms. The number of alkyl halides is 3. The van der Waals surface area contributed by atoms with Gasteiger partial charge in [0.05, 0.1) is 5.56 Å². The van der Waals surface area contributed by atoms with E-state index in [1.807, 2.05) is 20.8 Å². The molecule has 6 heteroatoms. The third-order valence-corrected chi connectivity index (χ3v) is 2.59. The van der Waals surface area contributed by atoms with Crippen LogP contribution in [0.15, 0.2) is 18.2 Å². The number of hydrogen-bond donors (Lipinski definition) is 1. The maximum Gasteiger partial charge on any atom is 0.419 e. The third kappa shape index (κ3) is 3.85. The lowest BCUT2D eigenvalue weighted by Crippen LogP contribution is -2.26. The summed E-state index contributed by atoms with van der Waals surface area (Å²) in [6.07, 6.45) is -4.67. The van der Waals surface area contributed by atoms with Gasteiger partial charge in [-0.05, 0) is 23.1 Å². The Morgan fingerprint density at radius 2 is 1.61 bits per heavy atom. The molecule has 0 heterocycles. The molecule has 0 aliphatic rings. The molecule has 0 aliphatic heterocycles. The Hall–Kier alpha value is -0.810. The largest absolute Gasteiger partial charge is 0.419 e. The molecular formula is C12H16ClF4N. The van der Waals surface area contributed by atoms with Crippen LogP contribution in [0, 0.1) is 11.2 Å². The smallest absolute Gasteiger partial charge is 0.324 e. The maximum atomic E-state index is 13.3. The molecule has 0 bridgehead atoms. The first kappa shape index (κ1) is 17.2. The van der Waals surface area contributed by atoms with E-state index in [4.69, 9.17) is 5.73 Å². The van der Waals surface area contributed by atoms with Crippen LogP contribution in [-0.2, 0) is 6.18 Å². The fourth-order valence-electron chi connectivity index (χ4n) is 1.45. The fourth-order valence-corrected chi connectivity index (χ4v) is 1.45. The Morgan fingerprint density at radius 3 is 1.94 bits per heavy atom. The molecule has 18 heavy (non-hydrogen) atoms. The zero-order valence-corrected chi connectivity index (χ0v) is 11.1. The number of hydrogen-bond acceptors (Lipinski definition) is 1. The Morgan fingerprint density at radius 1 is 1.11 bits per heavy atom. The minimum Gasteiger partial charge on any atom is -0.324 e. The van der Waals surface area contributed by atoms with Crippen LogP contribution in [0.4, 0.5) is 17.6 Å². The molecule has 1 unspecified atom stereocenters. The molecule has 0 saturated carbocycles. The minimum absolute atomic E-state index is 0. The molecule has 104 valence electrons. The molecule has 1 rings (SSSR count). The lowest BCUT2D eigenvalue weighted by molar-refractivity contribution is -0.140. The van der Waals surface area contributed by atoms with E-state index in [1.165, 1.54) is 6.07 Å². The predicted molar refractivity (Wildman–Crippen MR) is 65.0 cm³/mol. The van der Waals surface area contributed by atoms with Gasteiger partial charge in [-0.1, -0.05) is 26.8 Å². The molecule has 0 saturated heterocycles. The summed E-state index contributed by atoms with van der Waals surface area (Å²) in [5.74, 6) is -1.28. The van der Waals surface area contributed by atoms with E-state index in [0.29, 0.717) is 5.56 Å². The normalized spacial score (nSPS) is 14.0. The van der Waals surface area contributed by atoms with Gasteiger partial charge in [0.25, 0.3) is 0 Å². The van der Waals surface area contributed by atoms with Gasteiger partial charge in [0, 0.05) is 6.04 Å². The van der Waals surface area contributed by atoms with Crippen LogP contribution in [0.5, 0.6) is 0 Å². The van der Waals surface area contributed by atoms with Gasteiger partial charge in [-0.15, -0.1) is 12.4 Å². The molecule has 0 aliphatic carbocycles. The molecular weight excluding hydrogens is 270 g/mol. The van der Waals surface area contributed by atoms with Crippen molar-refractivity contribution in [1.29, 1.82) is 0 Å². The topological polar surface area (TPSA) is 26.0 Å². The summed E-state index contributed by atoms with van der Waals surface area (Å²) in [6, 6.07) is 2.30. The molecule has 1 nitrogen and oxygen atoms in total. The van der Waals surface area contributed by atoms with Crippen LogP contribution >= 0.6 is 12.4 Å². The summed E-state index contributed by atoms with van der Waals surface area (Å²) < 4.78 is 50.4. The van der Waals surface area contributed by atoms with Gasteiger partial charge < -0.3 is 5.73 Å². The standard InChI is InChI=1S/C12H15F4N.ClH/c1-11(2,3)10(17)7-4-5-8(9(13)6-7)12(14,15)16;/h4-6,10H,17H2,1-3H3;1H. The first-order chi connectivity index (χ1) is 7.53. The van der Waals surface area contributed by atoms with E-state index >= 15 is 0 Å². The van der Waals surface area contributed by atoms with Crippen LogP contribution in [0.2, 0.25) is 0 Å². The molecule has 2 N–H and O–H groups in total. The SMILES string of the molecule is CC(C)(C)C(N)c1ccc(C(F)(F)F)c(F)c1.Cl. The van der Waals surface area contributed by atoms with Crippen molar-refractivity contribution in [2.45, 2.75) is 33.0 Å². The van der Waals surface area contributed by atoms with Crippen molar-refractivity contribution in [3.05, 3.63) is 35.1 Å². The average Bonchev–Trinajstić information content (AvgIpc) is 2.12. The predicted octanol–water partition coefficient (Wildman–Crippen LogP) is 4.31. The van der Waals surface area contributed by atoms with Crippen molar-refractivity contribution in [3.8, 4) is 0 Å². The van der Waals surface area contributed by atoms with Gasteiger partial charge >= 0.3 is 6.18 Å². The van der Waals surface area contributed by atoms with Gasteiger partial charge in [-0.3, -0.25) is 0 Å². The fraction of sp³-hybridized carbons (Fsp3) is 0.500. The van der Waals surface area contributed by atoms with Gasteiger partial charge in [0.15, 0.2) is 0 Å². The summed E-state index contributed by atoms with van der Waals surface area (Å²) in [7, 11) is 0. The van der Waals surface area contributed by atoms with Crippen LogP contribution in [0.25, 0.3) is 0 Å². The number of halogens is 5. The van der Waals surface area contributed by atoms with E-state index in [1.54, 1.807) is 0 Å². The van der Waals surface area contributed by atoms with Gasteiger partial charge in [-0.25, -0.2) is 4.39 Å². The van der Waals surface area contributed by atoms with Crippen LogP contribution in [0.1, 0.15) is 37.9 Å². The van der Waals surface area contributed by atoms with E-state index in [-0.39, 0.29) is 17.8 Å². The summed E-state index contributed by atoms with van der Waals surface area (Å²) in [6.45, 7) is 5.52. The second-order valence-electron chi connectivity index (χ2n) is 5.08. The molecule has 0 fully saturated rings. The summed E-state index contributed by atoms with van der Waals surface area (Å²) in [5, 5.41) is 0. The highest BCUT2D eigenvalue weighted by Crippen LogP contribution is 2.35. The Labute approximate surface area is 110 Å². The van der Waals surface area contributed by atoms with Crippen molar-refractivity contribution in [3.63, 3.8) is 0 Å². The Bertz CT molecular complexity index is 410. The minimum atomic E-state index is -4.67. The number of nitrogens with two attached hydrogens (primary N) is 1. The summed E-state index contributed by atoms with van der Waals surface area (Å²) in [4.78, 5) is 0. The first-order valence-corrected chi connectivity index (χ1v) is 5.15. The lowest BCUT2D eigenvalue weighted by Gasteiger charge is -2.27. The molecule has 0 radical (unpaired) electrons. The maximum absolute atomic E-state index is 13.3. The highest BCUT2D eigenvalue weighted by Gasteiger charge is 2.34. The summed E-state index contributed by atoms with van der Waals surface area (Å²) >= 11 is 0. The van der Waals surface area contributed by atoms with Gasteiger partial charge in [0.2, 0.25) is 0 Å². The van der Waals surface area contributed by atoms with Gasteiger partial charge in [-0.2, -0.15) is 13.2 Å². The third-order valence-electron chi connectivity index (χ3n) is 2.59. The second-order valence-corrected chi connectivity index (χ2v) is 5.08. The molecule has 0 aromatic heterocycles. The van der Waals surface area contributed by atoms with Crippen LogP contribution in [0.3, 0.4) is 0 Å². The molecule has 1 aromatic carbocycles. The highest BCUT2D eigenvalue weighted by molar-refractivity contribution is 5.85. The van der Waals surface area contributed by atoms with Crippen LogP contribution < -0.4 is 5.73 Å². The van der Waals surface area contributed by atoms with E-state index in [2.05, 4.69) is 0 Å². The number of rotatable bonds is 1. The number of benzene rings is 1. The Balaban J connectivity index is 0.00000289.